The zero-order chi connectivity index (χ0) is 19.5. The van der Waals surface area contributed by atoms with Crippen LogP contribution in [0.2, 0.25) is 0 Å². The van der Waals surface area contributed by atoms with E-state index in [4.69, 9.17) is 4.52 Å². The number of hydrogen-bond acceptors (Lipinski definition) is 7. The Hall–Kier alpha value is -3.25. The van der Waals surface area contributed by atoms with Gasteiger partial charge in [-0.3, -0.25) is 14.3 Å². The van der Waals surface area contributed by atoms with Crippen LogP contribution in [0.5, 0.6) is 0 Å². The number of anilines is 1. The SMILES string of the molecule is N#Cc1c(NC(=O)Cn2c(-c3ccccn3)noc2=O)sc2c1CCCCC2. The number of rotatable bonds is 4. The number of nitrogens with zero attached hydrogens (tertiary/aromatic N) is 4. The van der Waals surface area contributed by atoms with Crippen LogP contribution in [0.15, 0.2) is 33.7 Å². The van der Waals surface area contributed by atoms with Gasteiger partial charge in [-0.2, -0.15) is 5.26 Å². The fourth-order valence-electron chi connectivity index (χ4n) is 3.35. The van der Waals surface area contributed by atoms with Gasteiger partial charge in [-0.15, -0.1) is 11.3 Å². The zero-order valence-corrected chi connectivity index (χ0v) is 15.8. The number of pyridine rings is 1. The lowest BCUT2D eigenvalue weighted by Crippen LogP contribution is -2.25. The molecule has 3 heterocycles. The summed E-state index contributed by atoms with van der Waals surface area (Å²) in [6, 6.07) is 7.40. The van der Waals surface area contributed by atoms with Crippen LogP contribution >= 0.6 is 11.3 Å². The first kappa shape index (κ1) is 18.1. The third-order valence-electron chi connectivity index (χ3n) is 4.67. The quantitative estimate of drug-likeness (QED) is 0.680. The first-order chi connectivity index (χ1) is 13.7. The highest BCUT2D eigenvalue weighted by molar-refractivity contribution is 7.16. The summed E-state index contributed by atoms with van der Waals surface area (Å²) in [6.45, 7) is -0.276. The van der Waals surface area contributed by atoms with Crippen LogP contribution in [0, 0.1) is 11.3 Å². The maximum Gasteiger partial charge on any atom is 0.442 e. The highest BCUT2D eigenvalue weighted by Gasteiger charge is 2.22. The van der Waals surface area contributed by atoms with E-state index in [9.17, 15) is 14.9 Å². The second-order valence-corrected chi connectivity index (χ2v) is 7.61. The summed E-state index contributed by atoms with van der Waals surface area (Å²) >= 11 is 1.45. The molecule has 4 rings (SSSR count). The van der Waals surface area contributed by atoms with Crippen molar-refractivity contribution in [2.45, 2.75) is 38.6 Å². The van der Waals surface area contributed by atoms with Gasteiger partial charge in [-0.1, -0.05) is 17.6 Å². The van der Waals surface area contributed by atoms with Crippen LogP contribution in [-0.4, -0.2) is 20.6 Å². The predicted octanol–water partition coefficient (Wildman–Crippen LogP) is 2.74. The number of aromatic nitrogens is 3. The minimum absolute atomic E-state index is 0.184. The van der Waals surface area contributed by atoms with Crippen molar-refractivity contribution in [2.75, 3.05) is 5.32 Å². The van der Waals surface area contributed by atoms with Crippen molar-refractivity contribution in [3.8, 4) is 17.6 Å². The fraction of sp³-hybridized carbons (Fsp3) is 0.316. The lowest BCUT2D eigenvalue weighted by molar-refractivity contribution is -0.116. The molecule has 0 spiro atoms. The maximum atomic E-state index is 12.6. The molecule has 0 atom stereocenters. The molecule has 0 saturated heterocycles. The molecule has 0 fully saturated rings. The first-order valence-electron chi connectivity index (χ1n) is 8.99. The molecule has 1 N–H and O–H groups in total. The Morgan fingerprint density at radius 3 is 2.96 bits per heavy atom. The molecular weight excluding hydrogens is 378 g/mol. The molecule has 0 radical (unpaired) electrons. The maximum absolute atomic E-state index is 12.6. The summed E-state index contributed by atoms with van der Waals surface area (Å²) in [5.74, 6) is -0.975. The molecule has 8 nitrogen and oxygen atoms in total. The summed E-state index contributed by atoms with van der Waals surface area (Å²) in [4.78, 5) is 29.9. The highest BCUT2D eigenvalue weighted by Crippen LogP contribution is 2.36. The second kappa shape index (κ2) is 7.78. The molecule has 3 aromatic rings. The van der Waals surface area contributed by atoms with E-state index in [1.165, 1.54) is 16.2 Å². The number of carbonyl (C=O) groups excluding carboxylic acids is 1. The van der Waals surface area contributed by atoms with Gasteiger partial charge in [-0.25, -0.2) is 9.36 Å². The van der Waals surface area contributed by atoms with Crippen LogP contribution in [0.25, 0.3) is 11.5 Å². The third kappa shape index (κ3) is 3.46. The number of carbonyl (C=O) groups is 1. The molecule has 0 aromatic carbocycles. The molecular formula is C19H17N5O3S. The average molecular weight is 395 g/mol. The van der Waals surface area contributed by atoms with Gasteiger partial charge in [0.1, 0.15) is 23.3 Å². The number of aryl methyl sites for hydroxylation is 1. The summed E-state index contributed by atoms with van der Waals surface area (Å²) in [5.41, 5.74) is 2.02. The van der Waals surface area contributed by atoms with Crippen LogP contribution < -0.4 is 11.1 Å². The van der Waals surface area contributed by atoms with Gasteiger partial charge in [0.2, 0.25) is 11.7 Å². The number of nitrogens with one attached hydrogen (secondary N) is 1. The summed E-state index contributed by atoms with van der Waals surface area (Å²) < 4.78 is 5.84. The molecule has 0 unspecified atom stereocenters. The van der Waals surface area contributed by atoms with E-state index in [2.05, 4.69) is 21.5 Å². The molecule has 1 aliphatic rings. The second-order valence-electron chi connectivity index (χ2n) is 6.50. The van der Waals surface area contributed by atoms with E-state index in [1.54, 1.807) is 24.4 Å². The van der Waals surface area contributed by atoms with Gasteiger partial charge in [-0.05, 0) is 43.4 Å². The number of amides is 1. The topological polar surface area (TPSA) is 114 Å². The van der Waals surface area contributed by atoms with E-state index in [0.29, 0.717) is 16.3 Å². The monoisotopic (exact) mass is 395 g/mol. The van der Waals surface area contributed by atoms with Crippen molar-refractivity contribution in [1.29, 1.82) is 5.26 Å². The summed E-state index contributed by atoms with van der Waals surface area (Å²) in [6.07, 6.45) is 6.65. The number of nitriles is 1. The lowest BCUT2D eigenvalue weighted by atomic mass is 10.1. The largest absolute Gasteiger partial charge is 0.442 e. The van der Waals surface area contributed by atoms with E-state index in [0.717, 1.165) is 42.2 Å². The summed E-state index contributed by atoms with van der Waals surface area (Å²) in [5, 5.41) is 16.6. The molecule has 0 aliphatic heterocycles. The Morgan fingerprint density at radius 1 is 1.32 bits per heavy atom. The molecule has 0 bridgehead atoms. The van der Waals surface area contributed by atoms with E-state index in [-0.39, 0.29) is 12.4 Å². The number of hydrogen-bond donors (Lipinski definition) is 1. The van der Waals surface area contributed by atoms with Crippen LogP contribution in [-0.2, 0) is 24.2 Å². The standard InChI is InChI=1S/C19H17N5O3S/c20-10-13-12-6-2-1-3-8-15(12)28-18(13)22-16(25)11-24-17(23-27-19(24)26)14-7-4-5-9-21-14/h4-5,7,9H,1-3,6,8,11H2,(H,22,25). The van der Waals surface area contributed by atoms with Gasteiger partial charge < -0.3 is 5.32 Å². The van der Waals surface area contributed by atoms with Crippen molar-refractivity contribution >= 4 is 22.2 Å². The van der Waals surface area contributed by atoms with Crippen molar-refractivity contribution in [3.63, 3.8) is 0 Å². The average Bonchev–Trinajstić information content (AvgIpc) is 3.12. The Bertz CT molecular complexity index is 1110. The molecule has 3 aromatic heterocycles. The van der Waals surface area contributed by atoms with Gasteiger partial charge in [0, 0.05) is 11.1 Å². The van der Waals surface area contributed by atoms with Gasteiger partial charge in [0.25, 0.3) is 0 Å². The van der Waals surface area contributed by atoms with Crippen molar-refractivity contribution in [1.82, 2.24) is 14.7 Å². The molecule has 0 saturated carbocycles. The molecule has 1 aliphatic carbocycles. The number of fused-ring (bicyclic) bond motifs is 1. The van der Waals surface area contributed by atoms with Crippen LogP contribution in [0.3, 0.4) is 0 Å². The van der Waals surface area contributed by atoms with Crippen molar-refractivity contribution in [3.05, 3.63) is 51.0 Å². The third-order valence-corrected chi connectivity index (χ3v) is 5.88. The highest BCUT2D eigenvalue weighted by atomic mass is 32.1. The Balaban J connectivity index is 1.58. The Labute approximate surface area is 164 Å². The van der Waals surface area contributed by atoms with Crippen LogP contribution in [0.4, 0.5) is 5.00 Å². The molecule has 9 heteroatoms. The summed E-state index contributed by atoms with van der Waals surface area (Å²) in [7, 11) is 0. The smallest absolute Gasteiger partial charge is 0.315 e. The predicted molar refractivity (Wildman–Crippen MR) is 103 cm³/mol. The van der Waals surface area contributed by atoms with E-state index in [1.807, 2.05) is 0 Å². The minimum Gasteiger partial charge on any atom is -0.315 e. The molecule has 142 valence electrons. The van der Waals surface area contributed by atoms with Gasteiger partial charge in [0.05, 0.1) is 5.56 Å². The molecule has 28 heavy (non-hydrogen) atoms. The molecule has 1 amide bonds. The van der Waals surface area contributed by atoms with Crippen molar-refractivity contribution in [2.24, 2.45) is 0 Å². The Kier molecular flexibility index (Phi) is 5.04. The fourth-order valence-corrected chi connectivity index (χ4v) is 4.60. The Morgan fingerprint density at radius 2 is 2.18 bits per heavy atom. The minimum atomic E-state index is -0.738. The van der Waals surface area contributed by atoms with Crippen molar-refractivity contribution < 1.29 is 9.32 Å². The number of thiophene rings is 1. The first-order valence-corrected chi connectivity index (χ1v) is 9.81. The van der Waals surface area contributed by atoms with Gasteiger partial charge >= 0.3 is 5.76 Å². The van der Waals surface area contributed by atoms with Gasteiger partial charge in [0.15, 0.2) is 0 Å². The lowest BCUT2D eigenvalue weighted by Gasteiger charge is -2.06. The van der Waals surface area contributed by atoms with Crippen LogP contribution in [0.1, 0.15) is 35.3 Å². The zero-order valence-electron chi connectivity index (χ0n) is 15.0. The van der Waals surface area contributed by atoms with E-state index >= 15 is 0 Å². The van der Waals surface area contributed by atoms with E-state index < -0.39 is 11.7 Å². The normalized spacial score (nSPS) is 13.4.